The van der Waals surface area contributed by atoms with Crippen LogP contribution in [0.4, 0.5) is 0 Å². The Balaban J connectivity index is 2.24. The molecule has 114 valence electrons. The second-order valence-corrected chi connectivity index (χ2v) is 6.88. The summed E-state index contributed by atoms with van der Waals surface area (Å²) in [6, 6.07) is 4.77. The third kappa shape index (κ3) is 3.70. The molecule has 0 aliphatic rings. The second-order valence-electron chi connectivity index (χ2n) is 5.82. The molecule has 1 atom stereocenters. The molecule has 2 aromatic rings. The van der Waals surface area contributed by atoms with E-state index in [2.05, 4.69) is 55.2 Å². The smallest absolute Gasteiger partial charge is 0.0897 e. The highest BCUT2D eigenvalue weighted by Crippen LogP contribution is 2.26. The number of likely N-dealkylation sites (N-methyl/N-ethyl adjacent to an activating group) is 1. The predicted octanol–water partition coefficient (Wildman–Crippen LogP) is 3.51. The fraction of sp³-hybridized carbons (Fsp3) is 0.471. The third-order valence-corrected chi connectivity index (χ3v) is 4.90. The van der Waals surface area contributed by atoms with Crippen molar-refractivity contribution in [3.63, 3.8) is 0 Å². The van der Waals surface area contributed by atoms with Crippen LogP contribution in [0.25, 0.3) is 0 Å². The normalized spacial score (nSPS) is 12.9. The summed E-state index contributed by atoms with van der Waals surface area (Å²) >= 11 is 1.70. The molecule has 3 nitrogen and oxygen atoms in total. The van der Waals surface area contributed by atoms with Crippen molar-refractivity contribution in [3.8, 4) is 0 Å². The molecular weight excluding hydrogens is 278 g/mol. The van der Waals surface area contributed by atoms with Gasteiger partial charge in [0.15, 0.2) is 0 Å². The zero-order valence-corrected chi connectivity index (χ0v) is 14.4. The first-order chi connectivity index (χ1) is 9.92. The topological polar surface area (TPSA) is 42.2 Å². The van der Waals surface area contributed by atoms with Crippen molar-refractivity contribution >= 4 is 11.3 Å². The Morgan fingerprint density at radius 2 is 1.81 bits per heavy atom. The number of thiazole rings is 1. The zero-order valence-electron chi connectivity index (χ0n) is 13.6. The van der Waals surface area contributed by atoms with E-state index in [9.17, 15) is 0 Å². The van der Waals surface area contributed by atoms with Crippen LogP contribution in [0.2, 0.25) is 0 Å². The van der Waals surface area contributed by atoms with Crippen molar-refractivity contribution in [1.29, 1.82) is 0 Å². The summed E-state index contributed by atoms with van der Waals surface area (Å²) in [5, 5.41) is 3.25. The van der Waals surface area contributed by atoms with E-state index in [-0.39, 0.29) is 6.04 Å². The minimum absolute atomic E-state index is 0.228. The van der Waals surface area contributed by atoms with Gasteiger partial charge in [0, 0.05) is 24.5 Å². The van der Waals surface area contributed by atoms with E-state index in [1.807, 2.05) is 6.92 Å². The van der Waals surface area contributed by atoms with Gasteiger partial charge in [-0.15, -0.1) is 11.3 Å². The molecule has 0 spiro atoms. The standard InChI is InChI=1S/C17H25N3S/c1-11-6-13(3)16(7-12(11)2)17(8-18)20(5)9-15-10-21-14(4)19-15/h6-7,10,17H,8-9,18H2,1-5H3. The molecule has 1 heterocycles. The Hall–Kier alpha value is -1.23. The minimum Gasteiger partial charge on any atom is -0.329 e. The van der Waals surface area contributed by atoms with E-state index in [4.69, 9.17) is 5.73 Å². The SMILES string of the molecule is Cc1nc(CN(C)C(CN)c2cc(C)c(C)cc2C)cs1. The minimum atomic E-state index is 0.228. The first kappa shape index (κ1) is 16.1. The molecule has 2 rings (SSSR count). The molecule has 0 aliphatic carbocycles. The third-order valence-electron chi connectivity index (χ3n) is 4.07. The quantitative estimate of drug-likeness (QED) is 0.919. The summed E-state index contributed by atoms with van der Waals surface area (Å²) in [6.45, 7) is 9.98. The Kier molecular flexibility index (Phi) is 5.14. The summed E-state index contributed by atoms with van der Waals surface area (Å²) < 4.78 is 0. The van der Waals surface area contributed by atoms with E-state index in [0.29, 0.717) is 6.54 Å². The molecule has 0 saturated carbocycles. The van der Waals surface area contributed by atoms with Crippen LogP contribution < -0.4 is 5.73 Å². The lowest BCUT2D eigenvalue weighted by Crippen LogP contribution is -2.31. The maximum absolute atomic E-state index is 6.06. The van der Waals surface area contributed by atoms with Crippen LogP contribution in [0.15, 0.2) is 17.5 Å². The predicted molar refractivity (Wildman–Crippen MR) is 90.8 cm³/mol. The number of hydrogen-bond acceptors (Lipinski definition) is 4. The van der Waals surface area contributed by atoms with Crippen molar-refractivity contribution in [2.24, 2.45) is 5.73 Å². The van der Waals surface area contributed by atoms with E-state index in [0.717, 1.165) is 17.2 Å². The van der Waals surface area contributed by atoms with Gasteiger partial charge in [0.1, 0.15) is 0 Å². The van der Waals surface area contributed by atoms with Crippen LogP contribution >= 0.6 is 11.3 Å². The second kappa shape index (κ2) is 6.69. The number of hydrogen-bond donors (Lipinski definition) is 1. The summed E-state index contributed by atoms with van der Waals surface area (Å²) in [6.07, 6.45) is 0. The molecule has 1 unspecified atom stereocenters. The summed E-state index contributed by atoms with van der Waals surface area (Å²) in [7, 11) is 2.13. The molecule has 0 bridgehead atoms. The van der Waals surface area contributed by atoms with Crippen LogP contribution in [-0.4, -0.2) is 23.5 Å². The molecule has 21 heavy (non-hydrogen) atoms. The summed E-state index contributed by atoms with van der Waals surface area (Å²) in [4.78, 5) is 6.85. The molecule has 0 amide bonds. The van der Waals surface area contributed by atoms with Crippen LogP contribution in [0.5, 0.6) is 0 Å². The Morgan fingerprint density at radius 3 is 2.38 bits per heavy atom. The number of nitrogens with zero attached hydrogens (tertiary/aromatic N) is 2. The highest BCUT2D eigenvalue weighted by atomic mass is 32.1. The van der Waals surface area contributed by atoms with E-state index >= 15 is 0 Å². The largest absolute Gasteiger partial charge is 0.329 e. The summed E-state index contributed by atoms with van der Waals surface area (Å²) in [5.74, 6) is 0. The van der Waals surface area contributed by atoms with Crippen molar-refractivity contribution in [2.45, 2.75) is 40.3 Å². The fourth-order valence-corrected chi connectivity index (χ4v) is 3.34. The average Bonchev–Trinajstić information content (AvgIpc) is 2.81. The fourth-order valence-electron chi connectivity index (χ4n) is 2.73. The number of aromatic nitrogens is 1. The molecule has 0 radical (unpaired) electrons. The average molecular weight is 303 g/mol. The van der Waals surface area contributed by atoms with E-state index in [1.165, 1.54) is 22.3 Å². The number of aryl methyl sites for hydroxylation is 4. The van der Waals surface area contributed by atoms with Gasteiger partial charge in [0.05, 0.1) is 10.7 Å². The van der Waals surface area contributed by atoms with Crippen molar-refractivity contribution in [2.75, 3.05) is 13.6 Å². The van der Waals surface area contributed by atoms with Crippen LogP contribution in [0.1, 0.15) is 39.0 Å². The monoisotopic (exact) mass is 303 g/mol. The Morgan fingerprint density at radius 1 is 1.14 bits per heavy atom. The van der Waals surface area contributed by atoms with Crippen LogP contribution in [0.3, 0.4) is 0 Å². The van der Waals surface area contributed by atoms with Crippen molar-refractivity contribution < 1.29 is 0 Å². The maximum Gasteiger partial charge on any atom is 0.0897 e. The highest BCUT2D eigenvalue weighted by molar-refractivity contribution is 7.09. The van der Waals surface area contributed by atoms with Gasteiger partial charge >= 0.3 is 0 Å². The Labute approximate surface area is 131 Å². The first-order valence-corrected chi connectivity index (χ1v) is 8.19. The van der Waals surface area contributed by atoms with Gasteiger partial charge in [0.2, 0.25) is 0 Å². The van der Waals surface area contributed by atoms with Crippen LogP contribution in [0, 0.1) is 27.7 Å². The molecule has 1 aromatic carbocycles. The summed E-state index contributed by atoms with van der Waals surface area (Å²) in [5.41, 5.74) is 12.5. The van der Waals surface area contributed by atoms with Gasteiger partial charge in [-0.25, -0.2) is 4.98 Å². The zero-order chi connectivity index (χ0) is 15.6. The molecule has 4 heteroatoms. The number of rotatable bonds is 5. The maximum atomic E-state index is 6.06. The molecule has 0 aliphatic heterocycles. The van der Waals surface area contributed by atoms with Crippen molar-refractivity contribution in [1.82, 2.24) is 9.88 Å². The molecule has 0 saturated heterocycles. The lowest BCUT2D eigenvalue weighted by Gasteiger charge is -2.28. The molecule has 2 N–H and O–H groups in total. The van der Waals surface area contributed by atoms with Crippen LogP contribution in [-0.2, 0) is 6.54 Å². The van der Waals surface area contributed by atoms with Crippen molar-refractivity contribution in [3.05, 3.63) is 50.5 Å². The Bertz CT molecular complexity index is 618. The molecular formula is C17H25N3S. The lowest BCUT2D eigenvalue weighted by molar-refractivity contribution is 0.238. The van der Waals surface area contributed by atoms with E-state index in [1.54, 1.807) is 11.3 Å². The number of benzene rings is 1. The number of nitrogens with two attached hydrogens (primary N) is 1. The lowest BCUT2D eigenvalue weighted by atomic mass is 9.95. The van der Waals surface area contributed by atoms with E-state index < -0.39 is 0 Å². The molecule has 1 aromatic heterocycles. The van der Waals surface area contributed by atoms with Gasteiger partial charge in [-0.3, -0.25) is 4.90 Å². The molecule has 0 fully saturated rings. The first-order valence-electron chi connectivity index (χ1n) is 7.31. The van der Waals surface area contributed by atoms with Gasteiger partial charge in [-0.2, -0.15) is 0 Å². The highest BCUT2D eigenvalue weighted by Gasteiger charge is 2.19. The van der Waals surface area contributed by atoms with Gasteiger partial charge in [-0.05, 0) is 57.0 Å². The van der Waals surface area contributed by atoms with Gasteiger partial charge in [-0.1, -0.05) is 12.1 Å². The van der Waals surface area contributed by atoms with Gasteiger partial charge in [0.25, 0.3) is 0 Å². The van der Waals surface area contributed by atoms with Gasteiger partial charge < -0.3 is 5.73 Å².